The zero-order valence-electron chi connectivity index (χ0n) is 16.3. The highest BCUT2D eigenvalue weighted by Crippen LogP contribution is 2.22. The van der Waals surface area contributed by atoms with Crippen molar-refractivity contribution in [1.29, 1.82) is 0 Å². The van der Waals surface area contributed by atoms with Gasteiger partial charge in [-0.2, -0.15) is 0 Å². The van der Waals surface area contributed by atoms with Crippen LogP contribution in [0.4, 0.5) is 0 Å². The van der Waals surface area contributed by atoms with Crippen LogP contribution in [0.2, 0.25) is 0 Å². The van der Waals surface area contributed by atoms with Crippen LogP contribution in [-0.4, -0.2) is 55.6 Å². The molecule has 1 N–H and O–H groups in total. The van der Waals surface area contributed by atoms with E-state index in [-0.39, 0.29) is 0 Å². The number of likely N-dealkylation sites (N-methyl/N-ethyl adjacent to an activating group) is 1. The topological polar surface area (TPSA) is 31.6 Å². The first-order valence-corrected chi connectivity index (χ1v) is 10.1. The molecule has 3 rings (SSSR count). The Labute approximate surface area is 158 Å². The van der Waals surface area contributed by atoms with Crippen LogP contribution in [0.3, 0.4) is 0 Å². The van der Waals surface area contributed by atoms with Gasteiger partial charge in [0.2, 0.25) is 0 Å². The van der Waals surface area contributed by atoms with Gasteiger partial charge in [-0.1, -0.05) is 36.8 Å². The fourth-order valence-electron chi connectivity index (χ4n) is 3.47. The van der Waals surface area contributed by atoms with E-state index in [1.54, 1.807) is 0 Å². The summed E-state index contributed by atoms with van der Waals surface area (Å²) in [6.45, 7) is 13.6. The lowest BCUT2D eigenvalue weighted by molar-refractivity contribution is 0.135. The van der Waals surface area contributed by atoms with E-state index < -0.39 is 0 Å². The van der Waals surface area contributed by atoms with Gasteiger partial charge >= 0.3 is 0 Å². The number of aryl methyl sites for hydroxylation is 1. The van der Waals surface area contributed by atoms with Crippen molar-refractivity contribution in [1.82, 2.24) is 15.1 Å². The summed E-state index contributed by atoms with van der Waals surface area (Å²) in [5, 5.41) is 3.51. The molecule has 26 heavy (non-hydrogen) atoms. The van der Waals surface area contributed by atoms with E-state index in [0.717, 1.165) is 30.2 Å². The quantitative estimate of drug-likeness (QED) is 0.694. The van der Waals surface area contributed by atoms with E-state index in [9.17, 15) is 0 Å². The van der Waals surface area contributed by atoms with Crippen LogP contribution in [0, 0.1) is 6.92 Å². The Bertz CT molecular complexity index is 642. The molecule has 1 fully saturated rings. The molecule has 0 unspecified atom stereocenters. The van der Waals surface area contributed by atoms with Crippen molar-refractivity contribution in [3.05, 3.63) is 47.7 Å². The minimum Gasteiger partial charge on any atom is -0.460 e. The monoisotopic (exact) mass is 355 g/mol. The maximum absolute atomic E-state index is 5.96. The largest absolute Gasteiger partial charge is 0.460 e. The van der Waals surface area contributed by atoms with E-state index in [2.05, 4.69) is 65.4 Å². The lowest BCUT2D eigenvalue weighted by Gasteiger charge is -2.33. The van der Waals surface area contributed by atoms with Crippen LogP contribution in [0.15, 0.2) is 40.8 Å². The lowest BCUT2D eigenvalue weighted by atomic mass is 10.1. The first-order valence-electron chi connectivity index (χ1n) is 10.1. The van der Waals surface area contributed by atoms with Crippen LogP contribution < -0.4 is 5.32 Å². The second-order valence-electron chi connectivity index (χ2n) is 7.29. The van der Waals surface area contributed by atoms with Crippen molar-refractivity contribution in [2.45, 2.75) is 33.2 Å². The minimum absolute atomic E-state index is 0.807. The highest BCUT2D eigenvalue weighted by Gasteiger charge is 2.14. The summed E-state index contributed by atoms with van der Waals surface area (Å²) in [4.78, 5) is 5.14. The van der Waals surface area contributed by atoms with Gasteiger partial charge in [0.05, 0.1) is 6.54 Å². The van der Waals surface area contributed by atoms with Gasteiger partial charge in [-0.15, -0.1) is 0 Å². The number of hydrogen-bond donors (Lipinski definition) is 1. The number of nitrogens with one attached hydrogen (secondary N) is 1. The summed E-state index contributed by atoms with van der Waals surface area (Å²) in [6.07, 6.45) is 2.49. The van der Waals surface area contributed by atoms with E-state index in [0.29, 0.717) is 0 Å². The molecule has 0 aliphatic carbocycles. The zero-order valence-corrected chi connectivity index (χ0v) is 16.3. The lowest BCUT2D eigenvalue weighted by Crippen LogP contribution is -2.46. The second-order valence-corrected chi connectivity index (χ2v) is 7.29. The predicted molar refractivity (Wildman–Crippen MR) is 108 cm³/mol. The fourth-order valence-corrected chi connectivity index (χ4v) is 3.47. The van der Waals surface area contributed by atoms with Crippen LogP contribution >= 0.6 is 0 Å². The first-order chi connectivity index (χ1) is 12.7. The molecule has 142 valence electrons. The highest BCUT2D eigenvalue weighted by atomic mass is 16.3. The van der Waals surface area contributed by atoms with Gasteiger partial charge in [0.25, 0.3) is 0 Å². The van der Waals surface area contributed by atoms with Crippen LogP contribution in [0.25, 0.3) is 11.3 Å². The number of hydrogen-bond acceptors (Lipinski definition) is 4. The number of piperazine rings is 1. The Kier molecular flexibility index (Phi) is 7.30. The predicted octanol–water partition coefficient (Wildman–Crippen LogP) is 3.76. The van der Waals surface area contributed by atoms with Gasteiger partial charge in [0.1, 0.15) is 11.5 Å². The summed E-state index contributed by atoms with van der Waals surface area (Å²) in [7, 11) is 0. The van der Waals surface area contributed by atoms with Crippen molar-refractivity contribution >= 4 is 0 Å². The second kappa shape index (κ2) is 9.91. The van der Waals surface area contributed by atoms with Crippen molar-refractivity contribution in [3.63, 3.8) is 0 Å². The molecular formula is C22H33N3O. The van der Waals surface area contributed by atoms with E-state index in [1.807, 2.05) is 0 Å². The molecule has 1 aromatic carbocycles. The average Bonchev–Trinajstić information content (AvgIpc) is 3.14. The van der Waals surface area contributed by atoms with Crippen molar-refractivity contribution < 1.29 is 4.42 Å². The Hall–Kier alpha value is -1.62. The summed E-state index contributed by atoms with van der Waals surface area (Å²) >= 11 is 0. The number of nitrogens with zero attached hydrogens (tertiary/aromatic N) is 2. The third-order valence-electron chi connectivity index (χ3n) is 5.29. The van der Waals surface area contributed by atoms with Crippen LogP contribution in [0.1, 0.15) is 31.1 Å². The molecule has 4 nitrogen and oxygen atoms in total. The molecule has 0 bridgehead atoms. The summed E-state index contributed by atoms with van der Waals surface area (Å²) in [5.74, 6) is 1.96. The molecule has 0 spiro atoms. The maximum atomic E-state index is 5.96. The molecule has 2 aromatic rings. The normalized spacial score (nSPS) is 16.2. The number of furan rings is 1. The highest BCUT2D eigenvalue weighted by molar-refractivity contribution is 5.57. The van der Waals surface area contributed by atoms with Crippen molar-refractivity contribution in [2.24, 2.45) is 0 Å². The van der Waals surface area contributed by atoms with Crippen LogP contribution in [0.5, 0.6) is 0 Å². The molecular weight excluding hydrogens is 322 g/mol. The van der Waals surface area contributed by atoms with Gasteiger partial charge in [-0.25, -0.2) is 0 Å². The van der Waals surface area contributed by atoms with Gasteiger partial charge in [0.15, 0.2) is 0 Å². The summed E-state index contributed by atoms with van der Waals surface area (Å²) < 4.78 is 5.96. The van der Waals surface area contributed by atoms with Gasteiger partial charge in [-0.3, -0.25) is 0 Å². The minimum atomic E-state index is 0.807. The molecule has 1 aliphatic rings. The Balaban J connectivity index is 1.29. The standard InChI is InChI=1S/C22H33N3O/c1-3-24-14-16-25(17-15-24)13-5-4-12-23-18-21-10-11-22(26-21)20-8-6-19(2)7-9-20/h6-11,23H,3-5,12-18H2,1-2H3. The van der Waals surface area contributed by atoms with Crippen LogP contribution in [-0.2, 0) is 6.54 Å². The molecule has 0 amide bonds. The fraction of sp³-hybridized carbons (Fsp3) is 0.545. The third-order valence-corrected chi connectivity index (χ3v) is 5.29. The molecule has 0 radical (unpaired) electrons. The number of unbranched alkanes of at least 4 members (excludes halogenated alkanes) is 1. The Morgan fingerprint density at radius 2 is 1.65 bits per heavy atom. The molecule has 1 saturated heterocycles. The maximum Gasteiger partial charge on any atom is 0.134 e. The van der Waals surface area contributed by atoms with Gasteiger partial charge in [-0.05, 0) is 51.5 Å². The van der Waals surface area contributed by atoms with E-state index >= 15 is 0 Å². The third kappa shape index (κ3) is 5.70. The smallest absolute Gasteiger partial charge is 0.134 e. The van der Waals surface area contributed by atoms with Crippen molar-refractivity contribution in [3.8, 4) is 11.3 Å². The Morgan fingerprint density at radius 3 is 2.38 bits per heavy atom. The zero-order chi connectivity index (χ0) is 18.2. The Morgan fingerprint density at radius 1 is 0.923 bits per heavy atom. The van der Waals surface area contributed by atoms with Gasteiger partial charge < -0.3 is 19.5 Å². The number of rotatable bonds is 9. The summed E-state index contributed by atoms with van der Waals surface area (Å²) in [6, 6.07) is 12.6. The average molecular weight is 356 g/mol. The molecule has 1 aliphatic heterocycles. The SMILES string of the molecule is CCN1CCN(CCCCNCc2ccc(-c3ccc(C)cc3)o2)CC1. The molecule has 0 saturated carbocycles. The summed E-state index contributed by atoms with van der Waals surface area (Å²) in [5.41, 5.74) is 2.42. The molecule has 2 heterocycles. The number of benzene rings is 1. The molecule has 1 aromatic heterocycles. The first kappa shape index (κ1) is 19.2. The van der Waals surface area contributed by atoms with Gasteiger partial charge in [0, 0.05) is 31.7 Å². The van der Waals surface area contributed by atoms with E-state index in [4.69, 9.17) is 4.42 Å². The van der Waals surface area contributed by atoms with Crippen molar-refractivity contribution in [2.75, 3.05) is 45.8 Å². The molecule has 4 heteroatoms. The van der Waals surface area contributed by atoms with E-state index in [1.165, 1.54) is 57.7 Å². The molecule has 0 atom stereocenters.